The van der Waals surface area contributed by atoms with Gasteiger partial charge in [-0.05, 0) is 37.2 Å². The number of ether oxygens (including phenoxy) is 1. The van der Waals surface area contributed by atoms with Crippen LogP contribution in [0.2, 0.25) is 0 Å². The number of esters is 1. The first-order chi connectivity index (χ1) is 11.9. The minimum absolute atomic E-state index is 0. The number of halogens is 1. The van der Waals surface area contributed by atoms with Crippen molar-refractivity contribution in [1.82, 2.24) is 20.4 Å². The molecule has 3 rings (SSSR count). The van der Waals surface area contributed by atoms with Crippen LogP contribution < -0.4 is 10.6 Å². The molecule has 26 heavy (non-hydrogen) atoms. The second-order valence-corrected chi connectivity index (χ2v) is 7.56. The van der Waals surface area contributed by atoms with Crippen LogP contribution in [0.1, 0.15) is 44.1 Å². The molecule has 1 aliphatic carbocycles. The number of nitrogens with zero attached hydrogens (tertiary/aromatic N) is 2. The van der Waals surface area contributed by atoms with Crippen LogP contribution in [0.5, 0.6) is 0 Å². The van der Waals surface area contributed by atoms with E-state index in [4.69, 9.17) is 4.74 Å². The quantitative estimate of drug-likeness (QED) is 0.766. The Bertz CT molecular complexity index is 640. The van der Waals surface area contributed by atoms with Gasteiger partial charge in [0, 0.05) is 32.3 Å². The van der Waals surface area contributed by atoms with Gasteiger partial charge in [0.1, 0.15) is 5.54 Å². The van der Waals surface area contributed by atoms with E-state index in [0.29, 0.717) is 25.3 Å². The van der Waals surface area contributed by atoms with Crippen LogP contribution in [0.25, 0.3) is 0 Å². The molecule has 2 atom stereocenters. The molecule has 2 fully saturated rings. The van der Waals surface area contributed by atoms with Crippen molar-refractivity contribution < 1.29 is 14.3 Å². The smallest absolute Gasteiger partial charge is 0.331 e. The largest absolute Gasteiger partial charge is 0.467 e. The maximum Gasteiger partial charge on any atom is 0.331 e. The van der Waals surface area contributed by atoms with Gasteiger partial charge in [0.15, 0.2) is 0 Å². The lowest BCUT2D eigenvalue weighted by atomic mass is 9.76. The Morgan fingerprint density at radius 1 is 1.35 bits per heavy atom. The van der Waals surface area contributed by atoms with E-state index < -0.39 is 5.54 Å². The van der Waals surface area contributed by atoms with Crippen molar-refractivity contribution in [2.24, 2.45) is 18.9 Å². The van der Waals surface area contributed by atoms with E-state index in [1.165, 1.54) is 7.11 Å². The summed E-state index contributed by atoms with van der Waals surface area (Å²) in [5.41, 5.74) is 0.178. The van der Waals surface area contributed by atoms with Crippen molar-refractivity contribution in [2.45, 2.75) is 44.1 Å². The van der Waals surface area contributed by atoms with E-state index in [0.717, 1.165) is 24.9 Å². The first-order valence-corrected chi connectivity index (χ1v) is 9.05. The van der Waals surface area contributed by atoms with E-state index in [2.05, 4.69) is 22.7 Å². The van der Waals surface area contributed by atoms with Crippen molar-refractivity contribution >= 4 is 24.3 Å². The number of rotatable bonds is 4. The van der Waals surface area contributed by atoms with Crippen LogP contribution >= 0.6 is 12.4 Å². The molecule has 1 aromatic heterocycles. The topological polar surface area (TPSA) is 85.2 Å². The van der Waals surface area contributed by atoms with Gasteiger partial charge in [-0.1, -0.05) is 6.92 Å². The average molecular weight is 385 g/mol. The molecule has 2 heterocycles. The number of carbonyl (C=O) groups is 2. The van der Waals surface area contributed by atoms with Gasteiger partial charge >= 0.3 is 5.97 Å². The van der Waals surface area contributed by atoms with E-state index in [1.54, 1.807) is 4.68 Å². The molecule has 8 heteroatoms. The highest BCUT2D eigenvalue weighted by Crippen LogP contribution is 2.34. The molecule has 0 aromatic carbocycles. The molecule has 0 bridgehead atoms. The second-order valence-electron chi connectivity index (χ2n) is 7.56. The first-order valence-electron chi connectivity index (χ1n) is 9.05. The number of methoxy groups -OCH3 is 1. The third kappa shape index (κ3) is 4.04. The fraction of sp³-hybridized carbons (Fsp3) is 0.722. The number of aromatic nitrogens is 2. The van der Waals surface area contributed by atoms with Gasteiger partial charge in [-0.2, -0.15) is 5.10 Å². The zero-order valence-electron chi connectivity index (χ0n) is 15.7. The highest BCUT2D eigenvalue weighted by molar-refractivity contribution is 5.89. The van der Waals surface area contributed by atoms with Crippen molar-refractivity contribution in [2.75, 3.05) is 20.2 Å². The molecule has 1 saturated heterocycles. The van der Waals surface area contributed by atoms with E-state index in [1.807, 2.05) is 19.4 Å². The van der Waals surface area contributed by atoms with Gasteiger partial charge in [0.25, 0.3) is 0 Å². The Morgan fingerprint density at radius 3 is 2.62 bits per heavy atom. The molecular weight excluding hydrogens is 356 g/mol. The maximum atomic E-state index is 13.0. The van der Waals surface area contributed by atoms with Crippen LogP contribution in [-0.2, 0) is 21.4 Å². The first kappa shape index (κ1) is 20.7. The third-order valence-corrected chi connectivity index (χ3v) is 5.77. The minimum atomic E-state index is -0.875. The summed E-state index contributed by atoms with van der Waals surface area (Å²) in [6, 6.07) is 0. The summed E-state index contributed by atoms with van der Waals surface area (Å²) < 4.78 is 6.78. The summed E-state index contributed by atoms with van der Waals surface area (Å²) >= 11 is 0. The highest BCUT2D eigenvalue weighted by atomic mass is 35.5. The monoisotopic (exact) mass is 384 g/mol. The van der Waals surface area contributed by atoms with Crippen molar-refractivity contribution in [3.05, 3.63) is 18.0 Å². The summed E-state index contributed by atoms with van der Waals surface area (Å²) in [6.45, 7) is 3.54. The molecule has 1 aliphatic heterocycles. The standard InChI is InChI=1S/C18H28N4O3.ClH/c1-12-4-6-18(7-5-12,17(24)25-3)21-16(23)15-10-19-9-14(15)13-8-20-22(2)11-13;/h8,11-12,14-15,19H,4-7,9-10H2,1-3H3,(H,21,23);1H/t12?,14-,15+,18?;/m1./s1. The summed E-state index contributed by atoms with van der Waals surface area (Å²) in [6.07, 6.45) is 6.90. The lowest BCUT2D eigenvalue weighted by Crippen LogP contribution is -2.58. The van der Waals surface area contributed by atoms with E-state index in [-0.39, 0.29) is 36.1 Å². The second kappa shape index (κ2) is 8.39. The molecule has 0 unspecified atom stereocenters. The fourth-order valence-electron chi connectivity index (χ4n) is 4.10. The third-order valence-electron chi connectivity index (χ3n) is 5.77. The van der Waals surface area contributed by atoms with Gasteiger partial charge in [-0.25, -0.2) is 4.79 Å². The van der Waals surface area contributed by atoms with Gasteiger partial charge < -0.3 is 15.4 Å². The predicted molar refractivity (Wildman–Crippen MR) is 100 cm³/mol. The summed E-state index contributed by atoms with van der Waals surface area (Å²) in [5.74, 6) is 0.0532. The molecule has 1 saturated carbocycles. The Balaban J connectivity index is 0.00000243. The van der Waals surface area contributed by atoms with E-state index >= 15 is 0 Å². The van der Waals surface area contributed by atoms with Crippen LogP contribution in [0.4, 0.5) is 0 Å². The average Bonchev–Trinajstić information content (AvgIpc) is 3.25. The maximum absolute atomic E-state index is 13.0. The summed E-state index contributed by atoms with van der Waals surface area (Å²) in [4.78, 5) is 25.5. The molecule has 1 aromatic rings. The van der Waals surface area contributed by atoms with E-state index in [9.17, 15) is 9.59 Å². The molecule has 2 aliphatic rings. The molecule has 146 valence electrons. The van der Waals surface area contributed by atoms with Crippen LogP contribution in [0.15, 0.2) is 12.4 Å². The van der Waals surface area contributed by atoms with Crippen molar-refractivity contribution in [1.29, 1.82) is 0 Å². The lowest BCUT2D eigenvalue weighted by molar-refractivity contribution is -0.153. The fourth-order valence-corrected chi connectivity index (χ4v) is 4.10. The molecule has 7 nitrogen and oxygen atoms in total. The molecule has 2 N–H and O–H groups in total. The number of hydrogen-bond acceptors (Lipinski definition) is 5. The van der Waals surface area contributed by atoms with Crippen LogP contribution in [0.3, 0.4) is 0 Å². The summed E-state index contributed by atoms with van der Waals surface area (Å²) in [5, 5.41) is 10.6. The van der Waals surface area contributed by atoms with Crippen LogP contribution in [0, 0.1) is 11.8 Å². The molecule has 0 radical (unpaired) electrons. The Kier molecular flexibility index (Phi) is 6.69. The number of carbonyl (C=O) groups excluding carboxylic acids is 2. The number of nitrogens with one attached hydrogen (secondary N) is 2. The Hall–Kier alpha value is -1.60. The Labute approximate surface area is 160 Å². The normalized spacial score (nSPS) is 31.1. The van der Waals surface area contributed by atoms with Crippen molar-refractivity contribution in [3.8, 4) is 0 Å². The minimum Gasteiger partial charge on any atom is -0.467 e. The SMILES string of the molecule is COC(=O)C1(NC(=O)[C@H]2CNC[C@@H]2c2cnn(C)c2)CCC(C)CC1.Cl. The Morgan fingerprint density at radius 2 is 2.04 bits per heavy atom. The zero-order valence-corrected chi connectivity index (χ0v) is 16.5. The zero-order chi connectivity index (χ0) is 18.0. The number of aryl methyl sites for hydroxylation is 1. The van der Waals surface area contributed by atoms with Crippen molar-refractivity contribution in [3.63, 3.8) is 0 Å². The van der Waals surface area contributed by atoms with Gasteiger partial charge in [0.2, 0.25) is 5.91 Å². The molecule has 1 amide bonds. The number of amides is 1. The van der Waals surface area contributed by atoms with Gasteiger partial charge in [-0.15, -0.1) is 12.4 Å². The van der Waals surface area contributed by atoms with Gasteiger partial charge in [0.05, 0.1) is 19.2 Å². The lowest BCUT2D eigenvalue weighted by Gasteiger charge is -2.38. The van der Waals surface area contributed by atoms with Crippen LogP contribution in [-0.4, -0.2) is 47.4 Å². The molecule has 0 spiro atoms. The number of hydrogen-bond donors (Lipinski definition) is 2. The molecular formula is C18H29ClN4O3. The highest BCUT2D eigenvalue weighted by Gasteiger charge is 2.46. The van der Waals surface area contributed by atoms with Gasteiger partial charge in [-0.3, -0.25) is 9.48 Å². The predicted octanol–water partition coefficient (Wildman–Crippen LogP) is 1.38. The summed E-state index contributed by atoms with van der Waals surface area (Å²) in [7, 11) is 3.26.